The fourth-order valence-electron chi connectivity index (χ4n) is 2.49. The van der Waals surface area contributed by atoms with Crippen molar-refractivity contribution in [3.05, 3.63) is 16.7 Å². The Morgan fingerprint density at radius 1 is 1.32 bits per heavy atom. The van der Waals surface area contributed by atoms with E-state index >= 15 is 0 Å². The van der Waals surface area contributed by atoms with Gasteiger partial charge in [-0.2, -0.15) is 4.98 Å². The lowest BCUT2D eigenvalue weighted by Gasteiger charge is -2.32. The maximum atomic E-state index is 6.04. The lowest BCUT2D eigenvalue weighted by atomic mass is 10.0. The van der Waals surface area contributed by atoms with Crippen LogP contribution >= 0.6 is 22.9 Å². The Balaban J connectivity index is 1.86. The monoisotopic (exact) mass is 298 g/mol. The lowest BCUT2D eigenvalue weighted by molar-refractivity contribution is -0.0726. The number of aromatic nitrogens is 2. The minimum atomic E-state index is 0.118. The zero-order valence-electron chi connectivity index (χ0n) is 10.8. The molecule has 1 fully saturated rings. The quantitative estimate of drug-likeness (QED) is 0.793. The van der Waals surface area contributed by atoms with Crippen molar-refractivity contribution in [3.63, 3.8) is 0 Å². The number of fused-ring (bicyclic) bond motifs is 1. The molecule has 0 radical (unpaired) electrons. The molecule has 0 aliphatic carbocycles. The SMILES string of the molecule is CC1CC(Oc2nc(Cl)nc3sccc23)CC(C)O1. The maximum Gasteiger partial charge on any atom is 0.227 e. The maximum absolute atomic E-state index is 6.04. The van der Waals surface area contributed by atoms with E-state index in [1.54, 1.807) is 0 Å². The number of thiophene rings is 1. The molecule has 1 aliphatic rings. The summed E-state index contributed by atoms with van der Waals surface area (Å²) in [5.74, 6) is 0.586. The summed E-state index contributed by atoms with van der Waals surface area (Å²) >= 11 is 7.47. The largest absolute Gasteiger partial charge is 0.474 e. The molecule has 0 N–H and O–H groups in total. The molecule has 3 rings (SSSR count). The highest BCUT2D eigenvalue weighted by Crippen LogP contribution is 2.31. The molecule has 6 heteroatoms. The number of nitrogens with zero attached hydrogens (tertiary/aromatic N) is 2. The molecule has 1 aliphatic heterocycles. The molecular formula is C13H15ClN2O2S. The summed E-state index contributed by atoms with van der Waals surface area (Å²) < 4.78 is 11.8. The first kappa shape index (κ1) is 13.1. The Hall–Kier alpha value is -0.910. The van der Waals surface area contributed by atoms with E-state index in [1.807, 2.05) is 11.4 Å². The second-order valence-corrected chi connectivity index (χ2v) is 6.14. The summed E-state index contributed by atoms with van der Waals surface area (Å²) in [6.07, 6.45) is 2.29. The molecule has 4 nitrogen and oxygen atoms in total. The van der Waals surface area contributed by atoms with Gasteiger partial charge in [0.25, 0.3) is 0 Å². The van der Waals surface area contributed by atoms with Gasteiger partial charge >= 0.3 is 0 Å². The van der Waals surface area contributed by atoms with Gasteiger partial charge in [0.1, 0.15) is 10.9 Å². The van der Waals surface area contributed by atoms with E-state index in [9.17, 15) is 0 Å². The van der Waals surface area contributed by atoms with Crippen molar-refractivity contribution in [3.8, 4) is 5.88 Å². The molecule has 2 unspecified atom stereocenters. The summed E-state index contributed by atoms with van der Waals surface area (Å²) in [4.78, 5) is 9.27. The van der Waals surface area contributed by atoms with E-state index in [0.717, 1.165) is 23.1 Å². The van der Waals surface area contributed by atoms with Gasteiger partial charge in [0.15, 0.2) is 0 Å². The van der Waals surface area contributed by atoms with E-state index in [2.05, 4.69) is 23.8 Å². The van der Waals surface area contributed by atoms with Crippen LogP contribution in [0.15, 0.2) is 11.4 Å². The van der Waals surface area contributed by atoms with Crippen LogP contribution in [0.25, 0.3) is 10.2 Å². The first-order valence-corrected chi connectivity index (χ1v) is 7.60. The molecule has 0 spiro atoms. The zero-order chi connectivity index (χ0) is 13.4. The zero-order valence-corrected chi connectivity index (χ0v) is 12.4. The molecule has 1 saturated heterocycles. The van der Waals surface area contributed by atoms with Gasteiger partial charge < -0.3 is 9.47 Å². The Kier molecular flexibility index (Phi) is 3.60. The Labute approximate surface area is 120 Å². The van der Waals surface area contributed by atoms with Crippen LogP contribution in [0.5, 0.6) is 5.88 Å². The third-order valence-electron chi connectivity index (χ3n) is 3.20. The Morgan fingerprint density at radius 2 is 2.05 bits per heavy atom. The van der Waals surface area contributed by atoms with Gasteiger partial charge in [-0.3, -0.25) is 0 Å². The molecule has 0 bridgehead atoms. The first-order valence-electron chi connectivity index (χ1n) is 6.34. The second kappa shape index (κ2) is 5.23. The van der Waals surface area contributed by atoms with Crippen LogP contribution in [0.4, 0.5) is 0 Å². The van der Waals surface area contributed by atoms with Gasteiger partial charge in [0, 0.05) is 12.8 Å². The van der Waals surface area contributed by atoms with Crippen molar-refractivity contribution < 1.29 is 9.47 Å². The fraction of sp³-hybridized carbons (Fsp3) is 0.538. The van der Waals surface area contributed by atoms with Gasteiger partial charge in [0.05, 0.1) is 17.6 Å². The van der Waals surface area contributed by atoms with Crippen LogP contribution in [-0.4, -0.2) is 28.3 Å². The minimum absolute atomic E-state index is 0.118. The molecule has 0 saturated carbocycles. The molecule has 19 heavy (non-hydrogen) atoms. The van der Waals surface area contributed by atoms with E-state index in [-0.39, 0.29) is 23.6 Å². The smallest absolute Gasteiger partial charge is 0.227 e. The summed E-state index contributed by atoms with van der Waals surface area (Å²) in [5, 5.41) is 3.14. The van der Waals surface area contributed by atoms with Gasteiger partial charge in [-0.1, -0.05) is 0 Å². The molecule has 2 atom stereocenters. The summed E-state index contributed by atoms with van der Waals surface area (Å²) in [6, 6.07) is 1.97. The highest BCUT2D eigenvalue weighted by molar-refractivity contribution is 7.16. The number of rotatable bonds is 2. The average molecular weight is 299 g/mol. The van der Waals surface area contributed by atoms with Crippen LogP contribution in [-0.2, 0) is 4.74 Å². The van der Waals surface area contributed by atoms with Gasteiger partial charge in [-0.05, 0) is 36.9 Å². The number of hydrogen-bond donors (Lipinski definition) is 0. The molecule has 2 aromatic rings. The molecule has 0 aromatic carbocycles. The van der Waals surface area contributed by atoms with Crippen molar-refractivity contribution >= 4 is 33.2 Å². The van der Waals surface area contributed by atoms with E-state index < -0.39 is 0 Å². The van der Waals surface area contributed by atoms with Crippen molar-refractivity contribution in [2.75, 3.05) is 0 Å². The van der Waals surface area contributed by atoms with Crippen molar-refractivity contribution in [1.82, 2.24) is 9.97 Å². The Morgan fingerprint density at radius 3 is 2.79 bits per heavy atom. The van der Waals surface area contributed by atoms with Crippen LogP contribution < -0.4 is 4.74 Å². The average Bonchev–Trinajstić information content (AvgIpc) is 2.75. The Bertz CT molecular complexity index is 579. The number of hydrogen-bond acceptors (Lipinski definition) is 5. The van der Waals surface area contributed by atoms with E-state index in [4.69, 9.17) is 21.1 Å². The summed E-state index contributed by atoms with van der Waals surface area (Å²) in [5.41, 5.74) is 0. The van der Waals surface area contributed by atoms with Crippen molar-refractivity contribution in [2.24, 2.45) is 0 Å². The van der Waals surface area contributed by atoms with Gasteiger partial charge in [-0.25, -0.2) is 4.98 Å². The topological polar surface area (TPSA) is 44.2 Å². The highest BCUT2D eigenvalue weighted by atomic mass is 35.5. The first-order chi connectivity index (χ1) is 9.11. The highest BCUT2D eigenvalue weighted by Gasteiger charge is 2.26. The van der Waals surface area contributed by atoms with Crippen LogP contribution in [0, 0.1) is 0 Å². The molecule has 2 aromatic heterocycles. The van der Waals surface area contributed by atoms with Gasteiger partial charge in [-0.15, -0.1) is 11.3 Å². The normalized spacial score (nSPS) is 27.6. The third kappa shape index (κ3) is 2.83. The molecule has 102 valence electrons. The van der Waals surface area contributed by atoms with Gasteiger partial charge in [0.2, 0.25) is 11.2 Å². The molecule has 3 heterocycles. The fourth-order valence-corrected chi connectivity index (χ4v) is 3.46. The predicted octanol–water partition coefficient (Wildman–Crippen LogP) is 3.68. The summed E-state index contributed by atoms with van der Waals surface area (Å²) in [6.45, 7) is 4.14. The van der Waals surface area contributed by atoms with Crippen LogP contribution in [0.1, 0.15) is 26.7 Å². The summed E-state index contributed by atoms with van der Waals surface area (Å²) in [7, 11) is 0. The molecule has 0 amide bonds. The van der Waals surface area contributed by atoms with Crippen LogP contribution in [0.3, 0.4) is 0 Å². The van der Waals surface area contributed by atoms with E-state index in [1.165, 1.54) is 11.3 Å². The second-order valence-electron chi connectivity index (χ2n) is 4.91. The minimum Gasteiger partial charge on any atom is -0.474 e. The number of halogens is 1. The predicted molar refractivity (Wildman–Crippen MR) is 76.1 cm³/mol. The van der Waals surface area contributed by atoms with Crippen LogP contribution in [0.2, 0.25) is 5.28 Å². The molecular weight excluding hydrogens is 284 g/mol. The van der Waals surface area contributed by atoms with E-state index in [0.29, 0.717) is 5.88 Å². The third-order valence-corrected chi connectivity index (χ3v) is 4.17. The lowest BCUT2D eigenvalue weighted by Crippen LogP contribution is -2.35. The standard InChI is InChI=1S/C13H15ClN2O2S/c1-7-5-9(6-8(2)17-7)18-11-10-3-4-19-12(10)16-13(14)15-11/h3-4,7-9H,5-6H2,1-2H3. The van der Waals surface area contributed by atoms with Crippen molar-refractivity contribution in [2.45, 2.75) is 45.0 Å². The van der Waals surface area contributed by atoms with Crippen molar-refractivity contribution in [1.29, 1.82) is 0 Å². The number of ether oxygens (including phenoxy) is 2.